The van der Waals surface area contributed by atoms with Crippen LogP contribution in [0.25, 0.3) is 6.08 Å². The third-order valence-electron chi connectivity index (χ3n) is 4.12. The molecule has 0 heterocycles. The number of ether oxygens (including phenoxy) is 3. The minimum atomic E-state index is -0.365. The summed E-state index contributed by atoms with van der Waals surface area (Å²) in [6.07, 6.45) is 3.21. The summed E-state index contributed by atoms with van der Waals surface area (Å²) in [6.45, 7) is 2.71. The highest BCUT2D eigenvalue weighted by Crippen LogP contribution is 2.29. The lowest BCUT2D eigenvalue weighted by molar-refractivity contribution is -0.140. The summed E-state index contributed by atoms with van der Waals surface area (Å²) in [5.41, 5.74) is 3.07. The van der Waals surface area contributed by atoms with E-state index in [0.717, 1.165) is 11.1 Å². The van der Waals surface area contributed by atoms with E-state index in [1.807, 2.05) is 43.3 Å². The van der Waals surface area contributed by atoms with Crippen molar-refractivity contribution in [2.75, 3.05) is 20.8 Å². The lowest BCUT2D eigenvalue weighted by Gasteiger charge is -2.12. The van der Waals surface area contributed by atoms with Gasteiger partial charge in [-0.25, -0.2) is 0 Å². The quantitative estimate of drug-likeness (QED) is 0.531. The Kier molecular flexibility index (Phi) is 8.09. The molecule has 2 aromatic carbocycles. The Morgan fingerprint density at radius 2 is 1.86 bits per heavy atom. The highest BCUT2D eigenvalue weighted by molar-refractivity contribution is 5.92. The number of hydrogen-bond donors (Lipinski definition) is 1. The van der Waals surface area contributed by atoms with Gasteiger partial charge < -0.3 is 19.5 Å². The normalized spacial score (nSPS) is 10.5. The van der Waals surface area contributed by atoms with Gasteiger partial charge in [-0.3, -0.25) is 9.59 Å². The molecule has 1 N–H and O–H groups in total. The summed E-state index contributed by atoms with van der Waals surface area (Å²) < 4.78 is 15.8. The van der Waals surface area contributed by atoms with Crippen LogP contribution < -0.4 is 14.8 Å². The van der Waals surface area contributed by atoms with Crippen LogP contribution in [0, 0.1) is 6.92 Å². The van der Waals surface area contributed by atoms with Crippen molar-refractivity contribution in [1.82, 2.24) is 5.32 Å². The summed E-state index contributed by atoms with van der Waals surface area (Å²) >= 11 is 0. The van der Waals surface area contributed by atoms with Crippen LogP contribution in [0.3, 0.4) is 0 Å². The number of benzene rings is 2. The fourth-order valence-corrected chi connectivity index (χ4v) is 2.46. The lowest BCUT2D eigenvalue weighted by Crippen LogP contribution is -2.24. The maximum absolute atomic E-state index is 11.8. The van der Waals surface area contributed by atoms with Crippen LogP contribution in [0.15, 0.2) is 48.5 Å². The molecular formula is C22H25NO5. The van der Waals surface area contributed by atoms with Crippen molar-refractivity contribution in [2.45, 2.75) is 20.0 Å². The minimum absolute atomic E-state index is 0.136. The standard InChI is InChI=1S/C22H25NO5/c1-16-6-4-5-7-18(16)15-28-19-10-8-17(14-20(19)26-2)9-11-21(24)23-13-12-22(25)27-3/h4-11,14H,12-13,15H2,1-3H3,(H,23,24)/b11-9+. The van der Waals surface area contributed by atoms with E-state index in [-0.39, 0.29) is 24.8 Å². The molecule has 0 aliphatic carbocycles. The van der Waals surface area contributed by atoms with Crippen molar-refractivity contribution < 1.29 is 23.8 Å². The number of hydrogen-bond acceptors (Lipinski definition) is 5. The van der Waals surface area contributed by atoms with Crippen LogP contribution in [-0.2, 0) is 20.9 Å². The molecule has 0 spiro atoms. The Bertz CT molecular complexity index is 845. The molecule has 6 heteroatoms. The molecule has 0 aliphatic rings. The van der Waals surface area contributed by atoms with E-state index in [0.29, 0.717) is 18.1 Å². The van der Waals surface area contributed by atoms with Gasteiger partial charge >= 0.3 is 5.97 Å². The average Bonchev–Trinajstić information content (AvgIpc) is 2.71. The average molecular weight is 383 g/mol. The number of amides is 1. The summed E-state index contributed by atoms with van der Waals surface area (Å²) in [4.78, 5) is 22.8. The molecule has 6 nitrogen and oxygen atoms in total. The molecular weight excluding hydrogens is 358 g/mol. The Balaban J connectivity index is 1.95. The van der Waals surface area contributed by atoms with Crippen LogP contribution in [0.2, 0.25) is 0 Å². The zero-order valence-corrected chi connectivity index (χ0v) is 16.4. The highest BCUT2D eigenvalue weighted by Gasteiger charge is 2.07. The summed E-state index contributed by atoms with van der Waals surface area (Å²) in [6, 6.07) is 13.5. The zero-order chi connectivity index (χ0) is 20.4. The summed E-state index contributed by atoms with van der Waals surface area (Å²) in [7, 11) is 2.88. The van der Waals surface area contributed by atoms with Gasteiger partial charge in [0, 0.05) is 12.6 Å². The Morgan fingerprint density at radius 3 is 2.57 bits per heavy atom. The number of carbonyl (C=O) groups excluding carboxylic acids is 2. The molecule has 1 amide bonds. The van der Waals surface area contributed by atoms with Gasteiger partial charge in [0.2, 0.25) is 5.91 Å². The maximum Gasteiger partial charge on any atom is 0.307 e. The molecule has 0 radical (unpaired) electrons. The SMILES string of the molecule is COC(=O)CCNC(=O)/C=C/c1ccc(OCc2ccccc2C)c(OC)c1. The van der Waals surface area contributed by atoms with Crippen LogP contribution >= 0.6 is 0 Å². The first-order valence-corrected chi connectivity index (χ1v) is 8.91. The van der Waals surface area contributed by atoms with Crippen LogP contribution in [-0.4, -0.2) is 32.6 Å². The van der Waals surface area contributed by atoms with E-state index < -0.39 is 0 Å². The highest BCUT2D eigenvalue weighted by atomic mass is 16.5. The third-order valence-corrected chi connectivity index (χ3v) is 4.12. The second kappa shape index (κ2) is 10.8. The van der Waals surface area contributed by atoms with Crippen molar-refractivity contribution in [3.05, 3.63) is 65.2 Å². The lowest BCUT2D eigenvalue weighted by atomic mass is 10.1. The Hall–Kier alpha value is -3.28. The zero-order valence-electron chi connectivity index (χ0n) is 16.4. The maximum atomic E-state index is 11.8. The third kappa shape index (κ3) is 6.46. The molecule has 0 aliphatic heterocycles. The molecule has 148 valence electrons. The van der Waals surface area contributed by atoms with Crippen LogP contribution in [0.4, 0.5) is 0 Å². The van der Waals surface area contributed by atoms with Gasteiger partial charge in [-0.1, -0.05) is 30.3 Å². The van der Waals surface area contributed by atoms with Gasteiger partial charge in [0.05, 0.1) is 20.6 Å². The topological polar surface area (TPSA) is 73.9 Å². The predicted molar refractivity (Wildman–Crippen MR) is 107 cm³/mol. The number of nitrogens with one attached hydrogen (secondary N) is 1. The number of esters is 1. The van der Waals surface area contributed by atoms with Gasteiger partial charge in [-0.2, -0.15) is 0 Å². The van der Waals surface area contributed by atoms with Crippen LogP contribution in [0.1, 0.15) is 23.1 Å². The van der Waals surface area contributed by atoms with Crippen molar-refractivity contribution in [3.8, 4) is 11.5 Å². The molecule has 0 aromatic heterocycles. The first-order chi connectivity index (χ1) is 13.5. The monoisotopic (exact) mass is 383 g/mol. The molecule has 2 rings (SSSR count). The first kappa shape index (κ1) is 21.0. The molecule has 0 saturated heterocycles. The van der Waals surface area contributed by atoms with Crippen molar-refractivity contribution in [3.63, 3.8) is 0 Å². The molecule has 0 unspecified atom stereocenters. The second-order valence-corrected chi connectivity index (χ2v) is 6.08. The molecule has 0 atom stereocenters. The number of aryl methyl sites for hydroxylation is 1. The van der Waals surface area contributed by atoms with E-state index in [1.165, 1.54) is 18.7 Å². The van der Waals surface area contributed by atoms with Gasteiger partial charge in [0.15, 0.2) is 11.5 Å². The first-order valence-electron chi connectivity index (χ1n) is 8.91. The predicted octanol–water partition coefficient (Wildman–Crippen LogP) is 3.28. The summed E-state index contributed by atoms with van der Waals surface area (Å²) in [5.74, 6) is 0.560. The minimum Gasteiger partial charge on any atom is -0.493 e. The van der Waals surface area contributed by atoms with Crippen LogP contribution in [0.5, 0.6) is 11.5 Å². The fourth-order valence-electron chi connectivity index (χ4n) is 2.46. The van der Waals surface area contributed by atoms with Gasteiger partial charge in [-0.05, 0) is 41.8 Å². The number of carbonyl (C=O) groups is 2. The van der Waals surface area contributed by atoms with Crippen molar-refractivity contribution in [2.24, 2.45) is 0 Å². The largest absolute Gasteiger partial charge is 0.493 e. The number of methoxy groups -OCH3 is 2. The summed E-state index contributed by atoms with van der Waals surface area (Å²) in [5, 5.41) is 2.62. The smallest absolute Gasteiger partial charge is 0.307 e. The van der Waals surface area contributed by atoms with Gasteiger partial charge in [-0.15, -0.1) is 0 Å². The van der Waals surface area contributed by atoms with E-state index in [1.54, 1.807) is 19.3 Å². The molecule has 28 heavy (non-hydrogen) atoms. The van der Waals surface area contributed by atoms with E-state index in [4.69, 9.17) is 9.47 Å². The van der Waals surface area contributed by atoms with Gasteiger partial charge in [0.25, 0.3) is 0 Å². The van der Waals surface area contributed by atoms with E-state index in [2.05, 4.69) is 10.1 Å². The Labute approximate surface area is 165 Å². The number of rotatable bonds is 9. The molecule has 2 aromatic rings. The van der Waals surface area contributed by atoms with Gasteiger partial charge in [0.1, 0.15) is 6.61 Å². The molecule has 0 fully saturated rings. The Morgan fingerprint density at radius 1 is 1.07 bits per heavy atom. The van der Waals surface area contributed by atoms with Crippen molar-refractivity contribution >= 4 is 18.0 Å². The molecule has 0 saturated carbocycles. The molecule has 0 bridgehead atoms. The van der Waals surface area contributed by atoms with E-state index >= 15 is 0 Å². The second-order valence-electron chi connectivity index (χ2n) is 6.08. The fraction of sp³-hybridized carbons (Fsp3) is 0.273. The van der Waals surface area contributed by atoms with E-state index in [9.17, 15) is 9.59 Å². The van der Waals surface area contributed by atoms with Crippen molar-refractivity contribution in [1.29, 1.82) is 0 Å².